The number of benzene rings is 1. The monoisotopic (exact) mass is 335 g/mol. The second kappa shape index (κ2) is 7.38. The SMILES string of the molecule is CC1CCN(C(=O)NCC2CCN(c3ccc(F)cc3)C2)CC1O. The number of halogens is 1. The van der Waals surface area contributed by atoms with Crippen LogP contribution in [0.15, 0.2) is 24.3 Å². The summed E-state index contributed by atoms with van der Waals surface area (Å²) in [5, 5.41) is 12.9. The summed E-state index contributed by atoms with van der Waals surface area (Å²) in [5.41, 5.74) is 1.03. The average molecular weight is 335 g/mol. The Kier molecular flexibility index (Phi) is 5.23. The van der Waals surface area contributed by atoms with Crippen LogP contribution in [0, 0.1) is 17.7 Å². The first-order valence-corrected chi connectivity index (χ1v) is 8.74. The highest BCUT2D eigenvalue weighted by Crippen LogP contribution is 2.24. The van der Waals surface area contributed by atoms with Crippen LogP contribution in [0.3, 0.4) is 0 Å². The van der Waals surface area contributed by atoms with Crippen molar-refractivity contribution in [2.45, 2.75) is 25.9 Å². The first-order chi connectivity index (χ1) is 11.5. The lowest BCUT2D eigenvalue weighted by Crippen LogP contribution is -2.50. The Morgan fingerprint density at radius 1 is 1.25 bits per heavy atom. The van der Waals surface area contributed by atoms with Crippen molar-refractivity contribution in [2.24, 2.45) is 11.8 Å². The molecule has 0 saturated carbocycles. The van der Waals surface area contributed by atoms with Crippen LogP contribution in [0.4, 0.5) is 14.9 Å². The Bertz CT molecular complexity index is 566. The Labute approximate surface area is 142 Å². The molecule has 2 fully saturated rings. The number of β-amino-alcohol motifs (C(OH)–C–C–N with tert-alkyl or cyclic N) is 1. The van der Waals surface area contributed by atoms with Gasteiger partial charge in [0.1, 0.15) is 5.82 Å². The molecule has 0 spiro atoms. The van der Waals surface area contributed by atoms with Crippen LogP contribution in [0.2, 0.25) is 0 Å². The molecule has 0 bridgehead atoms. The van der Waals surface area contributed by atoms with E-state index in [1.807, 2.05) is 6.92 Å². The lowest BCUT2D eigenvalue weighted by atomic mass is 9.96. The summed E-state index contributed by atoms with van der Waals surface area (Å²) < 4.78 is 13.0. The molecule has 0 aromatic heterocycles. The number of urea groups is 1. The quantitative estimate of drug-likeness (QED) is 0.889. The van der Waals surface area contributed by atoms with Crippen molar-refractivity contribution in [3.05, 3.63) is 30.1 Å². The second-order valence-corrected chi connectivity index (χ2v) is 7.04. The number of hydrogen-bond donors (Lipinski definition) is 2. The summed E-state index contributed by atoms with van der Waals surface area (Å²) >= 11 is 0. The summed E-state index contributed by atoms with van der Waals surface area (Å²) in [5.74, 6) is 0.431. The number of aliphatic hydroxyl groups is 1. The number of nitrogens with zero attached hydrogens (tertiary/aromatic N) is 2. The lowest BCUT2D eigenvalue weighted by molar-refractivity contribution is 0.0434. The number of amides is 2. The molecular weight excluding hydrogens is 309 g/mol. The number of anilines is 1. The van der Waals surface area contributed by atoms with E-state index >= 15 is 0 Å². The number of rotatable bonds is 3. The highest BCUT2D eigenvalue weighted by atomic mass is 19.1. The van der Waals surface area contributed by atoms with Gasteiger partial charge in [0.05, 0.1) is 6.10 Å². The second-order valence-electron chi connectivity index (χ2n) is 7.04. The number of carbonyl (C=O) groups is 1. The molecule has 6 heteroatoms. The largest absolute Gasteiger partial charge is 0.391 e. The van der Waals surface area contributed by atoms with Gasteiger partial charge in [-0.2, -0.15) is 0 Å². The van der Waals surface area contributed by atoms with Gasteiger partial charge in [0, 0.05) is 38.4 Å². The van der Waals surface area contributed by atoms with Crippen molar-refractivity contribution in [1.82, 2.24) is 10.2 Å². The Morgan fingerprint density at radius 2 is 2.00 bits per heavy atom. The summed E-state index contributed by atoms with van der Waals surface area (Å²) in [7, 11) is 0. The van der Waals surface area contributed by atoms with Gasteiger partial charge >= 0.3 is 6.03 Å². The van der Waals surface area contributed by atoms with Gasteiger partial charge in [-0.05, 0) is 48.9 Å². The zero-order chi connectivity index (χ0) is 17.1. The minimum Gasteiger partial charge on any atom is -0.391 e. The third kappa shape index (κ3) is 3.98. The van der Waals surface area contributed by atoms with E-state index in [1.165, 1.54) is 12.1 Å². The van der Waals surface area contributed by atoms with Crippen molar-refractivity contribution in [1.29, 1.82) is 0 Å². The molecule has 2 saturated heterocycles. The summed E-state index contributed by atoms with van der Waals surface area (Å²) in [6.07, 6.45) is 1.43. The first-order valence-electron chi connectivity index (χ1n) is 8.74. The molecule has 1 aromatic carbocycles. The first kappa shape index (κ1) is 17.0. The van der Waals surface area contributed by atoms with Gasteiger partial charge < -0.3 is 20.2 Å². The van der Waals surface area contributed by atoms with Crippen molar-refractivity contribution >= 4 is 11.7 Å². The minimum absolute atomic E-state index is 0.0822. The molecule has 2 aliphatic rings. The topological polar surface area (TPSA) is 55.8 Å². The molecule has 24 heavy (non-hydrogen) atoms. The van der Waals surface area contributed by atoms with Crippen molar-refractivity contribution < 1.29 is 14.3 Å². The van der Waals surface area contributed by atoms with Crippen molar-refractivity contribution in [3.8, 4) is 0 Å². The van der Waals surface area contributed by atoms with E-state index in [9.17, 15) is 14.3 Å². The Hall–Kier alpha value is -1.82. The smallest absolute Gasteiger partial charge is 0.317 e. The maximum absolute atomic E-state index is 13.0. The fraction of sp³-hybridized carbons (Fsp3) is 0.611. The van der Waals surface area contributed by atoms with Crippen LogP contribution in [0.5, 0.6) is 0 Å². The zero-order valence-electron chi connectivity index (χ0n) is 14.1. The molecule has 2 heterocycles. The van der Waals surface area contributed by atoms with Gasteiger partial charge in [-0.3, -0.25) is 0 Å². The Morgan fingerprint density at radius 3 is 2.71 bits per heavy atom. The van der Waals surface area contributed by atoms with Gasteiger partial charge in [-0.1, -0.05) is 6.92 Å². The highest BCUT2D eigenvalue weighted by molar-refractivity contribution is 5.74. The summed E-state index contributed by atoms with van der Waals surface area (Å²) in [6, 6.07) is 6.47. The molecule has 3 atom stereocenters. The van der Waals surface area contributed by atoms with E-state index < -0.39 is 6.10 Å². The number of hydrogen-bond acceptors (Lipinski definition) is 3. The van der Waals surface area contributed by atoms with Crippen LogP contribution < -0.4 is 10.2 Å². The zero-order valence-corrected chi connectivity index (χ0v) is 14.1. The van der Waals surface area contributed by atoms with E-state index in [1.54, 1.807) is 17.0 Å². The van der Waals surface area contributed by atoms with Crippen LogP contribution in [0.25, 0.3) is 0 Å². The van der Waals surface area contributed by atoms with Gasteiger partial charge in [-0.15, -0.1) is 0 Å². The Balaban J connectivity index is 1.44. The van der Waals surface area contributed by atoms with E-state index in [-0.39, 0.29) is 17.8 Å². The molecule has 5 nitrogen and oxygen atoms in total. The molecule has 2 N–H and O–H groups in total. The molecule has 3 unspecified atom stereocenters. The summed E-state index contributed by atoms with van der Waals surface area (Å²) in [6.45, 7) is 5.56. The molecule has 2 aliphatic heterocycles. The van der Waals surface area contributed by atoms with Crippen LogP contribution in [-0.4, -0.2) is 54.9 Å². The van der Waals surface area contributed by atoms with Gasteiger partial charge in [0.25, 0.3) is 0 Å². The van der Waals surface area contributed by atoms with E-state index in [0.717, 1.165) is 31.6 Å². The average Bonchev–Trinajstić information content (AvgIpc) is 3.05. The van der Waals surface area contributed by atoms with Crippen molar-refractivity contribution in [2.75, 3.05) is 37.6 Å². The predicted molar refractivity (Wildman–Crippen MR) is 91.5 cm³/mol. The number of aliphatic hydroxyl groups excluding tert-OH is 1. The number of nitrogens with one attached hydrogen (secondary N) is 1. The standard InChI is InChI=1S/C18H26FN3O2/c1-13-6-8-22(12-17(13)23)18(24)20-10-14-7-9-21(11-14)16-4-2-15(19)3-5-16/h2-5,13-14,17,23H,6-12H2,1H3,(H,20,24). The molecular formula is C18H26FN3O2. The minimum atomic E-state index is -0.426. The number of carbonyl (C=O) groups excluding carboxylic acids is 1. The van der Waals surface area contributed by atoms with Gasteiger partial charge in [-0.25, -0.2) is 9.18 Å². The lowest BCUT2D eigenvalue weighted by Gasteiger charge is -2.34. The number of likely N-dealkylation sites (tertiary alicyclic amines) is 1. The van der Waals surface area contributed by atoms with Crippen LogP contribution in [0.1, 0.15) is 19.8 Å². The van der Waals surface area contributed by atoms with Crippen molar-refractivity contribution in [3.63, 3.8) is 0 Å². The molecule has 3 rings (SSSR count). The van der Waals surface area contributed by atoms with Gasteiger partial charge in [0.2, 0.25) is 0 Å². The van der Waals surface area contributed by atoms with Crippen LogP contribution in [-0.2, 0) is 0 Å². The fourth-order valence-electron chi connectivity index (χ4n) is 3.46. The van der Waals surface area contributed by atoms with E-state index in [2.05, 4.69) is 10.2 Å². The maximum atomic E-state index is 13.0. The molecule has 0 aliphatic carbocycles. The molecule has 2 amide bonds. The highest BCUT2D eigenvalue weighted by Gasteiger charge is 2.28. The number of piperidine rings is 1. The normalized spacial score (nSPS) is 27.4. The van der Waals surface area contributed by atoms with E-state index in [0.29, 0.717) is 25.6 Å². The molecule has 0 radical (unpaired) electrons. The molecule has 1 aromatic rings. The van der Waals surface area contributed by atoms with Crippen LogP contribution >= 0.6 is 0 Å². The molecule has 132 valence electrons. The predicted octanol–water partition coefficient (Wildman–Crippen LogP) is 2.06. The van der Waals surface area contributed by atoms with E-state index in [4.69, 9.17) is 0 Å². The van der Waals surface area contributed by atoms with Gasteiger partial charge in [0.15, 0.2) is 0 Å². The third-order valence-electron chi connectivity index (χ3n) is 5.23. The maximum Gasteiger partial charge on any atom is 0.317 e. The summed E-state index contributed by atoms with van der Waals surface area (Å²) in [4.78, 5) is 16.2. The third-order valence-corrected chi connectivity index (χ3v) is 5.23. The fourth-order valence-corrected chi connectivity index (χ4v) is 3.46.